The van der Waals surface area contributed by atoms with Gasteiger partial charge in [-0.05, 0) is 41.4 Å². The van der Waals surface area contributed by atoms with Crippen LogP contribution in [-0.4, -0.2) is 70.4 Å². The van der Waals surface area contributed by atoms with Gasteiger partial charge in [0.25, 0.3) is 0 Å². The first-order valence-electron chi connectivity index (χ1n) is 19.4. The quantitative estimate of drug-likeness (QED) is 0.148. The lowest BCUT2D eigenvalue weighted by atomic mass is 10.3. The van der Waals surface area contributed by atoms with Crippen molar-refractivity contribution in [2.24, 2.45) is 41.4 Å². The Morgan fingerprint density at radius 2 is 0.360 bits per heavy atom. The third kappa shape index (κ3) is 9.27. The summed E-state index contributed by atoms with van der Waals surface area (Å²) in [4.78, 5) is 0. The fourth-order valence-electron chi connectivity index (χ4n) is 7.93. The van der Waals surface area contributed by atoms with Gasteiger partial charge in [-0.3, -0.25) is 0 Å². The van der Waals surface area contributed by atoms with Crippen molar-refractivity contribution in [1.82, 2.24) is 0 Å². The van der Waals surface area contributed by atoms with E-state index >= 15 is 0 Å². The Balaban J connectivity index is 1.95. The summed E-state index contributed by atoms with van der Waals surface area (Å²) in [5.41, 5.74) is 0. The van der Waals surface area contributed by atoms with E-state index in [0.29, 0.717) is 48.4 Å². The molecule has 12 nitrogen and oxygen atoms in total. The zero-order chi connectivity index (χ0) is 37.2. The van der Waals surface area contributed by atoms with E-state index in [2.05, 4.69) is 104 Å². The zero-order valence-corrected chi connectivity index (χ0v) is 41.6. The van der Waals surface area contributed by atoms with Crippen LogP contribution in [0.15, 0.2) is 0 Å². The summed E-state index contributed by atoms with van der Waals surface area (Å²) in [6.45, 7) is 32.4. The van der Waals surface area contributed by atoms with Gasteiger partial charge in [0.15, 0.2) is 0 Å². The average molecular weight is 846 g/mol. The summed E-state index contributed by atoms with van der Waals surface area (Å²) < 4.78 is 91.8. The van der Waals surface area contributed by atoms with Crippen LogP contribution in [0.25, 0.3) is 0 Å². The van der Waals surface area contributed by atoms with E-state index in [9.17, 15) is 0 Å². The molecule has 0 atom stereocenters. The topological polar surface area (TPSA) is 111 Å². The minimum absolute atomic E-state index is 0.153. The van der Waals surface area contributed by atoms with E-state index in [1.165, 1.54) is 0 Å². The fraction of sp³-hybridized carbons (Fsp3) is 1.00. The predicted molar refractivity (Wildman–Crippen MR) is 207 cm³/mol. The molecular weight excluding hydrogens is 777 g/mol. The molecule has 0 spiro atoms. The molecule has 0 amide bonds. The Kier molecular flexibility index (Phi) is 12.7. The van der Waals surface area contributed by atoms with Crippen LogP contribution in [0.2, 0.25) is 48.4 Å². The van der Waals surface area contributed by atoms with Crippen LogP contribution < -0.4 is 0 Å². The van der Waals surface area contributed by atoms with Gasteiger partial charge in [-0.25, -0.2) is 0 Å². The van der Waals surface area contributed by atoms with Crippen molar-refractivity contribution in [3.05, 3.63) is 0 Å². The molecule has 0 unspecified atom stereocenters. The second kappa shape index (κ2) is 15.0. The lowest BCUT2D eigenvalue weighted by Gasteiger charge is -2.64. The molecule has 292 valence electrons. The normalized spacial score (nSPS) is 43.1. The molecule has 20 heteroatoms. The van der Waals surface area contributed by atoms with Crippen molar-refractivity contribution in [1.29, 1.82) is 0 Å². The third-order valence-corrected chi connectivity index (χ3v) is 48.7. The molecule has 6 saturated heterocycles. The molecular formula is C30H68O12Si8. The highest BCUT2D eigenvalue weighted by atomic mass is 28.6. The Bertz CT molecular complexity index is 1040. The van der Waals surface area contributed by atoms with Gasteiger partial charge in [-0.1, -0.05) is 104 Å². The zero-order valence-electron chi connectivity index (χ0n) is 33.6. The fourth-order valence-corrected chi connectivity index (χ4v) is 59.4. The van der Waals surface area contributed by atoms with E-state index in [0.717, 1.165) is 0 Å². The van der Waals surface area contributed by atoms with Crippen LogP contribution in [0, 0.1) is 41.4 Å². The van der Waals surface area contributed by atoms with Crippen LogP contribution in [0.3, 0.4) is 0 Å². The Morgan fingerprint density at radius 1 is 0.240 bits per heavy atom. The largest absolute Gasteiger partial charge is 0.479 e. The lowest BCUT2D eigenvalue weighted by molar-refractivity contribution is -0.0338. The monoisotopic (exact) mass is 844 g/mol. The van der Waals surface area contributed by atoms with E-state index in [-0.39, 0.29) is 41.4 Å². The number of rotatable bonds is 15. The highest BCUT2D eigenvalue weighted by Gasteiger charge is 2.83. The Hall–Kier alpha value is 1.26. The molecule has 0 N–H and O–H groups in total. The maximum absolute atomic E-state index is 7.70. The van der Waals surface area contributed by atoms with Crippen LogP contribution in [0.1, 0.15) is 104 Å². The van der Waals surface area contributed by atoms with Crippen molar-refractivity contribution in [3.8, 4) is 0 Å². The minimum Gasteiger partial charge on any atom is -0.373 e. The summed E-state index contributed by atoms with van der Waals surface area (Å²) in [6, 6.07) is 4.04. The van der Waals surface area contributed by atoms with Gasteiger partial charge in [0.05, 0.1) is 0 Å². The Labute approximate surface area is 312 Å². The molecule has 0 aromatic carbocycles. The molecule has 0 aromatic heterocycles. The molecule has 50 heavy (non-hydrogen) atoms. The van der Waals surface area contributed by atoms with Gasteiger partial charge in [-0.2, -0.15) is 0 Å². The highest BCUT2D eigenvalue weighted by Crippen LogP contribution is 2.55. The smallest absolute Gasteiger partial charge is 0.373 e. The van der Waals surface area contributed by atoms with Crippen molar-refractivity contribution in [2.45, 2.75) is 152 Å². The van der Waals surface area contributed by atoms with E-state index in [1.54, 1.807) is 0 Å². The highest BCUT2D eigenvalue weighted by molar-refractivity contribution is 7.03. The minimum atomic E-state index is -3.83. The second-order valence-electron chi connectivity index (χ2n) is 18.2. The van der Waals surface area contributed by atoms with Gasteiger partial charge in [0.1, 0.15) is 0 Å². The van der Waals surface area contributed by atoms with Crippen molar-refractivity contribution >= 4 is 70.4 Å². The SMILES string of the molecule is CC[Si]12O[Si]3(CC(C)C)O[Si]4(CC(C)C)O[Si](CC(C)C)(O1)O[Si]1(CC(C)C)O[Si](CC(C)C)(O2)O[Si](CC(C)C)(O3)O[Si](CC(C)C)(O4)O1. The third-order valence-electron chi connectivity index (χ3n) is 8.77. The maximum atomic E-state index is 7.70. The van der Waals surface area contributed by atoms with Crippen molar-refractivity contribution in [2.75, 3.05) is 0 Å². The second-order valence-corrected chi connectivity index (χ2v) is 42.5. The summed E-state index contributed by atoms with van der Waals surface area (Å²) in [5.74, 6) is 1.08. The first kappa shape index (κ1) is 42.4. The van der Waals surface area contributed by atoms with Crippen molar-refractivity contribution in [3.63, 3.8) is 0 Å². The lowest BCUT2D eigenvalue weighted by Crippen LogP contribution is -2.88. The predicted octanol–water partition coefficient (Wildman–Crippen LogP) is 8.38. The van der Waals surface area contributed by atoms with Crippen LogP contribution in [0.4, 0.5) is 0 Å². The van der Waals surface area contributed by atoms with E-state index in [4.69, 9.17) is 49.4 Å². The molecule has 6 rings (SSSR count). The average Bonchev–Trinajstić information content (AvgIpc) is 2.80. The maximum Gasteiger partial charge on any atom is 0.479 e. The van der Waals surface area contributed by atoms with E-state index in [1.807, 2.05) is 0 Å². The van der Waals surface area contributed by atoms with Crippen molar-refractivity contribution < 1.29 is 49.4 Å². The van der Waals surface area contributed by atoms with Gasteiger partial charge >= 0.3 is 70.4 Å². The molecule has 8 bridgehead atoms. The van der Waals surface area contributed by atoms with Crippen LogP contribution in [0.5, 0.6) is 0 Å². The van der Waals surface area contributed by atoms with Gasteiger partial charge < -0.3 is 49.4 Å². The molecule has 0 aromatic rings. The molecule has 0 aliphatic carbocycles. The summed E-state index contributed by atoms with van der Waals surface area (Å²) >= 11 is 0. The van der Waals surface area contributed by atoms with Gasteiger partial charge in [0.2, 0.25) is 0 Å². The molecule has 6 aliphatic rings. The van der Waals surface area contributed by atoms with E-state index < -0.39 is 70.4 Å². The van der Waals surface area contributed by atoms with Gasteiger partial charge in [0, 0.05) is 48.4 Å². The molecule has 0 saturated carbocycles. The molecule has 6 aliphatic heterocycles. The molecule has 6 fully saturated rings. The summed E-state index contributed by atoms with van der Waals surface area (Å²) in [6.07, 6.45) is 0. The standard InChI is InChI=1S/C30H68O12Si8/c1-16-43-31-44(17-24(2)3)34-47(20-27(8)9)36-45(32-43,18-25(4)5)38-49(22-29(12)13)39-46(33-43,19-26(6)7)37-48(35-44,21-28(10)11)41-50(40-47,42-49)23-30(14)15/h24-30H,16-23H2,1-15H3. The summed E-state index contributed by atoms with van der Waals surface area (Å²) in [7, 11) is -30.5. The molecule has 0 radical (unpaired) electrons. The first-order valence-corrected chi connectivity index (χ1v) is 34.8. The van der Waals surface area contributed by atoms with Crippen LogP contribution >= 0.6 is 0 Å². The summed E-state index contributed by atoms with van der Waals surface area (Å²) in [5, 5.41) is 0. The van der Waals surface area contributed by atoms with Gasteiger partial charge in [-0.15, -0.1) is 0 Å². The number of hydrogen-bond donors (Lipinski definition) is 0. The molecule has 6 heterocycles. The number of hydrogen-bond acceptors (Lipinski definition) is 12. The Morgan fingerprint density at radius 3 is 0.460 bits per heavy atom. The van der Waals surface area contributed by atoms with Crippen LogP contribution in [-0.2, 0) is 49.4 Å². The first-order chi connectivity index (χ1) is 23.0.